The number of pyridine rings is 3. The summed E-state index contributed by atoms with van der Waals surface area (Å²) in [6, 6.07) is 6.68. The average molecular weight is 604 g/mol. The number of piperazine rings is 1. The molecule has 1 N–H and O–H groups in total. The highest BCUT2D eigenvalue weighted by Gasteiger charge is 2.40. The number of aryl methyl sites for hydroxylation is 1. The van der Waals surface area contributed by atoms with Gasteiger partial charge in [0.25, 0.3) is 5.56 Å². The number of rotatable bonds is 4. The van der Waals surface area contributed by atoms with Gasteiger partial charge in [-0.05, 0) is 55.7 Å². The lowest BCUT2D eigenvalue weighted by molar-refractivity contribution is -0.126. The molecule has 11 heteroatoms. The van der Waals surface area contributed by atoms with Gasteiger partial charge in [0, 0.05) is 54.8 Å². The number of anilines is 2. The van der Waals surface area contributed by atoms with Crippen molar-refractivity contribution in [3.63, 3.8) is 0 Å². The van der Waals surface area contributed by atoms with Crippen LogP contribution in [0.4, 0.5) is 15.8 Å². The minimum Gasteiger partial charge on any atom is -0.507 e. The number of phenols is 1. The Morgan fingerprint density at radius 3 is 2.74 bits per heavy atom. The molecule has 0 radical (unpaired) electrons. The van der Waals surface area contributed by atoms with Crippen molar-refractivity contribution in [2.24, 2.45) is 0 Å². The molecular formula is C32H30ClFN6O3. The Kier molecular flexibility index (Phi) is 5.64. The van der Waals surface area contributed by atoms with Crippen LogP contribution < -0.4 is 15.4 Å². The fourth-order valence-corrected chi connectivity index (χ4v) is 6.62. The lowest BCUT2D eigenvalue weighted by Crippen LogP contribution is -2.61. The Morgan fingerprint density at radius 2 is 2.02 bits per heavy atom. The summed E-state index contributed by atoms with van der Waals surface area (Å²) in [5.74, 6) is -1.30. The molecule has 1 saturated carbocycles. The van der Waals surface area contributed by atoms with Gasteiger partial charge in [-0.3, -0.25) is 19.1 Å². The second kappa shape index (κ2) is 10.1. The molecule has 3 aromatic heterocycles. The lowest BCUT2D eigenvalue weighted by Gasteiger charge is -2.48. The van der Waals surface area contributed by atoms with Crippen molar-refractivity contribution in [1.82, 2.24) is 19.4 Å². The van der Waals surface area contributed by atoms with E-state index in [4.69, 9.17) is 20.7 Å². The summed E-state index contributed by atoms with van der Waals surface area (Å²) < 4.78 is 42.0. The molecule has 1 aliphatic carbocycles. The van der Waals surface area contributed by atoms with Crippen molar-refractivity contribution in [3.8, 4) is 22.7 Å². The van der Waals surface area contributed by atoms with Gasteiger partial charge in [0.1, 0.15) is 17.3 Å². The van der Waals surface area contributed by atoms with E-state index < -0.39 is 24.4 Å². The molecule has 0 bridgehead atoms. The van der Waals surface area contributed by atoms with Crippen LogP contribution in [0.5, 0.6) is 5.75 Å². The van der Waals surface area contributed by atoms with E-state index in [9.17, 15) is 14.7 Å². The molecule has 7 rings (SSSR count). The third-order valence-electron chi connectivity index (χ3n) is 8.54. The van der Waals surface area contributed by atoms with Crippen molar-refractivity contribution in [1.29, 1.82) is 0 Å². The van der Waals surface area contributed by atoms with E-state index in [0.717, 1.165) is 23.3 Å². The highest BCUT2D eigenvalue weighted by molar-refractivity contribution is 6.34. The minimum atomic E-state index is -2.71. The Bertz CT molecular complexity index is 1990. The summed E-state index contributed by atoms with van der Waals surface area (Å²) in [4.78, 5) is 41.6. The van der Waals surface area contributed by atoms with Gasteiger partial charge in [0.05, 0.1) is 39.4 Å². The van der Waals surface area contributed by atoms with Gasteiger partial charge in [0.15, 0.2) is 5.65 Å². The summed E-state index contributed by atoms with van der Waals surface area (Å²) in [6.45, 7) is 3.49. The minimum absolute atomic E-state index is 0.00588. The molecule has 1 amide bonds. The van der Waals surface area contributed by atoms with Gasteiger partial charge in [-0.25, -0.2) is 9.37 Å². The Morgan fingerprint density at radius 1 is 1.21 bits per heavy atom. The number of hydrogen-bond acceptors (Lipinski definition) is 7. The molecule has 1 aromatic carbocycles. The molecule has 2 aliphatic heterocycles. The van der Waals surface area contributed by atoms with Gasteiger partial charge < -0.3 is 19.8 Å². The molecule has 5 heterocycles. The van der Waals surface area contributed by atoms with E-state index in [2.05, 4.69) is 11.6 Å². The van der Waals surface area contributed by atoms with Crippen LogP contribution in [0.25, 0.3) is 28.0 Å². The normalized spacial score (nSPS) is 19.4. The van der Waals surface area contributed by atoms with Crippen molar-refractivity contribution < 1.29 is 18.4 Å². The second-order valence-corrected chi connectivity index (χ2v) is 11.7. The van der Waals surface area contributed by atoms with Crippen LogP contribution in [0, 0.1) is 12.7 Å². The van der Waals surface area contributed by atoms with Gasteiger partial charge in [-0.2, -0.15) is 0 Å². The first-order valence-corrected chi connectivity index (χ1v) is 14.5. The van der Waals surface area contributed by atoms with Crippen LogP contribution in [-0.2, 0) is 4.79 Å². The van der Waals surface area contributed by atoms with E-state index in [1.54, 1.807) is 23.2 Å². The third-order valence-corrected chi connectivity index (χ3v) is 8.83. The number of aromatic nitrogens is 3. The maximum atomic E-state index is 15.2. The fourth-order valence-electron chi connectivity index (χ4n) is 6.37. The second-order valence-electron chi connectivity index (χ2n) is 11.2. The first-order valence-electron chi connectivity index (χ1n) is 15.6. The average Bonchev–Trinajstić information content (AvgIpc) is 3.86. The van der Waals surface area contributed by atoms with E-state index in [1.807, 2.05) is 11.8 Å². The van der Waals surface area contributed by atoms with Crippen molar-refractivity contribution in [2.45, 2.75) is 31.7 Å². The summed E-state index contributed by atoms with van der Waals surface area (Å²) >= 11 is 6.82. The van der Waals surface area contributed by atoms with E-state index in [-0.39, 0.29) is 58.3 Å². The Labute approximate surface area is 256 Å². The van der Waals surface area contributed by atoms with Crippen LogP contribution in [0.3, 0.4) is 0 Å². The number of amides is 1. The third kappa shape index (κ3) is 4.26. The monoisotopic (exact) mass is 603 g/mol. The largest absolute Gasteiger partial charge is 0.507 e. The fraction of sp³-hybridized carbons (Fsp3) is 0.312. The van der Waals surface area contributed by atoms with Gasteiger partial charge in [0.2, 0.25) is 5.91 Å². The number of likely N-dealkylation sites (N-methyl/N-ethyl adjacent to an activating group) is 1. The van der Waals surface area contributed by atoms with Gasteiger partial charge in [-0.1, -0.05) is 24.2 Å². The number of nitrogens with zero attached hydrogens (tertiary/aromatic N) is 6. The molecule has 1 saturated heterocycles. The Hall–Kier alpha value is -4.44. The topological polar surface area (TPSA) is 94.8 Å². The summed E-state index contributed by atoms with van der Waals surface area (Å²) in [7, 11) is 0. The maximum Gasteiger partial charge on any atom is 0.282 e. The van der Waals surface area contributed by atoms with E-state index in [1.165, 1.54) is 28.8 Å². The number of carbonyl (C=O) groups is 1. The number of hydrogen-bond donors (Lipinski definition) is 1. The van der Waals surface area contributed by atoms with Crippen molar-refractivity contribution >= 4 is 39.9 Å². The summed E-state index contributed by atoms with van der Waals surface area (Å²) in [5, 5.41) is 11.0. The standard InChI is InChI=1S/C32H30ClFN6O3/c1-4-24(42)38-12-13-39-19(16-38)15-37(3)30-29(39)20-14-21(33)27(25-22(34)6-5-7-23(25)41)36-31(20)40(32(30)43)28-17(2)10-11-35-26(28)18-8-9-18/h4-7,10-11,14,18-19,41H,1,8-9,12-13,15-16H2,2-3H3/t19-/m0/s1/i3D3. The molecule has 4 aromatic rings. The van der Waals surface area contributed by atoms with E-state index in [0.29, 0.717) is 35.5 Å². The maximum absolute atomic E-state index is 15.2. The molecule has 220 valence electrons. The van der Waals surface area contributed by atoms with Crippen molar-refractivity contribution in [3.05, 3.63) is 81.6 Å². The predicted octanol–water partition coefficient (Wildman–Crippen LogP) is 4.78. The van der Waals surface area contributed by atoms with Gasteiger partial charge in [-0.15, -0.1) is 0 Å². The zero-order valence-electron chi connectivity index (χ0n) is 26.3. The highest BCUT2D eigenvalue weighted by atomic mass is 35.5. The molecule has 1 atom stereocenters. The smallest absolute Gasteiger partial charge is 0.282 e. The van der Waals surface area contributed by atoms with Crippen LogP contribution in [0.2, 0.25) is 5.02 Å². The molecular weight excluding hydrogens is 571 g/mol. The molecule has 0 unspecified atom stereocenters. The molecule has 0 spiro atoms. The highest BCUT2D eigenvalue weighted by Crippen LogP contribution is 2.46. The number of aromatic hydroxyl groups is 1. The number of carbonyl (C=O) groups excluding carboxylic acids is 1. The molecule has 43 heavy (non-hydrogen) atoms. The van der Waals surface area contributed by atoms with Crippen molar-refractivity contribution in [2.75, 3.05) is 43.0 Å². The SMILES string of the molecule is [2H]C([2H])([2H])N1C[C@H]2CN(C(=O)C=C)CCN2c2c1c(=O)n(-c1c(C)ccnc1C1CC1)c1nc(-c3c(O)cccc3F)c(Cl)cc21. The summed E-state index contributed by atoms with van der Waals surface area (Å²) in [5.41, 5.74) is 1.34. The van der Waals surface area contributed by atoms with Gasteiger partial charge >= 0.3 is 0 Å². The van der Waals surface area contributed by atoms with Crippen LogP contribution in [-0.4, -0.2) is 69.6 Å². The first-order chi connectivity index (χ1) is 21.9. The van der Waals surface area contributed by atoms with E-state index >= 15 is 4.39 Å². The molecule has 2 fully saturated rings. The first kappa shape index (κ1) is 24.0. The van der Waals surface area contributed by atoms with Crippen LogP contribution in [0.1, 0.15) is 34.1 Å². The molecule has 9 nitrogen and oxygen atoms in total. The zero-order chi connectivity index (χ0) is 32.7. The lowest BCUT2D eigenvalue weighted by atomic mass is 10.0. The number of phenolic OH excluding ortho intramolecular Hbond substituents is 1. The van der Waals surface area contributed by atoms with Crippen LogP contribution in [0.15, 0.2) is 54.0 Å². The quantitative estimate of drug-likeness (QED) is 0.335. The number of fused-ring (bicyclic) bond motifs is 5. The number of benzene rings is 1. The zero-order valence-corrected chi connectivity index (χ0v) is 24.1. The summed E-state index contributed by atoms with van der Waals surface area (Å²) in [6.07, 6.45) is 4.66. The number of halogens is 2. The van der Waals surface area contributed by atoms with Crippen LogP contribution >= 0.6 is 11.6 Å². The Balaban J connectivity index is 1.60. The molecule has 3 aliphatic rings. The predicted molar refractivity (Wildman–Crippen MR) is 165 cm³/mol.